The second-order valence-electron chi connectivity index (χ2n) is 8.39. The fraction of sp³-hybridized carbons (Fsp3) is 0.417. The summed E-state index contributed by atoms with van der Waals surface area (Å²) < 4.78 is 19.7. The van der Waals surface area contributed by atoms with Crippen LogP contribution in [0, 0.1) is 18.7 Å². The normalized spacial score (nSPS) is 20.6. The Bertz CT molecular complexity index is 980. The number of nitrogens with zero attached hydrogens (tertiary/aromatic N) is 2. The van der Waals surface area contributed by atoms with Crippen LogP contribution in [0.1, 0.15) is 30.9 Å². The van der Waals surface area contributed by atoms with E-state index in [9.17, 15) is 14.0 Å². The number of nitrogens with one attached hydrogen (secondary N) is 1. The Labute approximate surface area is 182 Å². The van der Waals surface area contributed by atoms with Crippen LogP contribution in [0.2, 0.25) is 0 Å². The molecular weight excluding hydrogens is 397 g/mol. The lowest BCUT2D eigenvalue weighted by molar-refractivity contribution is -0.126. The number of halogens is 1. The second-order valence-corrected chi connectivity index (χ2v) is 8.39. The first-order valence-electron chi connectivity index (χ1n) is 10.8. The number of benzene rings is 2. The Morgan fingerprint density at radius 1 is 1.19 bits per heavy atom. The lowest BCUT2D eigenvalue weighted by atomic mass is 9.97. The zero-order valence-electron chi connectivity index (χ0n) is 17.9. The first-order valence-corrected chi connectivity index (χ1v) is 10.8. The number of anilines is 1. The highest BCUT2D eigenvalue weighted by Gasteiger charge is 2.34. The standard InChI is InChI=1S/C24H28FN3O3/c1-16-9-10-22-21(12-16)28(14-17(2)31-22)24(30)27-11-5-7-19(15-27)23(29)26-13-18-6-3-4-8-20(18)25/h3-4,6,8-10,12,17,19H,5,7,11,13-15H2,1-2H3,(H,26,29)/t17-,19-/m0/s1. The lowest BCUT2D eigenvalue weighted by Gasteiger charge is -2.39. The number of amides is 3. The van der Waals surface area contributed by atoms with Gasteiger partial charge in [-0.2, -0.15) is 0 Å². The average molecular weight is 426 g/mol. The molecule has 3 amide bonds. The molecule has 31 heavy (non-hydrogen) atoms. The number of piperidine rings is 1. The number of likely N-dealkylation sites (tertiary alicyclic amines) is 1. The summed E-state index contributed by atoms with van der Waals surface area (Å²) in [5, 5.41) is 2.83. The van der Waals surface area contributed by atoms with Gasteiger partial charge in [-0.05, 0) is 50.5 Å². The van der Waals surface area contributed by atoms with Gasteiger partial charge in [0.25, 0.3) is 0 Å². The van der Waals surface area contributed by atoms with Gasteiger partial charge in [-0.1, -0.05) is 24.3 Å². The van der Waals surface area contributed by atoms with Gasteiger partial charge in [-0.15, -0.1) is 0 Å². The molecule has 1 fully saturated rings. The Kier molecular flexibility index (Phi) is 6.11. The molecule has 0 unspecified atom stereocenters. The molecule has 2 aliphatic heterocycles. The zero-order valence-corrected chi connectivity index (χ0v) is 17.9. The van der Waals surface area contributed by atoms with E-state index in [1.165, 1.54) is 6.07 Å². The molecule has 0 bridgehead atoms. The number of fused-ring (bicyclic) bond motifs is 1. The third-order valence-electron chi connectivity index (χ3n) is 5.88. The van der Waals surface area contributed by atoms with Crippen molar-refractivity contribution in [3.8, 4) is 5.75 Å². The van der Waals surface area contributed by atoms with Gasteiger partial charge in [-0.3, -0.25) is 9.69 Å². The van der Waals surface area contributed by atoms with Crippen LogP contribution in [-0.2, 0) is 11.3 Å². The third kappa shape index (κ3) is 4.65. The number of ether oxygens (including phenoxy) is 1. The molecule has 0 aliphatic carbocycles. The van der Waals surface area contributed by atoms with Crippen molar-refractivity contribution in [1.29, 1.82) is 0 Å². The number of urea groups is 1. The molecule has 2 aromatic rings. The molecular formula is C24H28FN3O3. The quantitative estimate of drug-likeness (QED) is 0.812. The summed E-state index contributed by atoms with van der Waals surface area (Å²) in [7, 11) is 0. The van der Waals surface area contributed by atoms with Crippen LogP contribution in [0.25, 0.3) is 0 Å². The number of hydrogen-bond acceptors (Lipinski definition) is 3. The van der Waals surface area contributed by atoms with Crippen LogP contribution in [-0.4, -0.2) is 42.6 Å². The molecule has 4 rings (SSSR count). The van der Waals surface area contributed by atoms with Crippen molar-refractivity contribution in [2.75, 3.05) is 24.5 Å². The maximum atomic E-state index is 13.8. The van der Waals surface area contributed by atoms with E-state index >= 15 is 0 Å². The smallest absolute Gasteiger partial charge is 0.324 e. The number of hydrogen-bond donors (Lipinski definition) is 1. The van der Waals surface area contributed by atoms with Gasteiger partial charge >= 0.3 is 6.03 Å². The van der Waals surface area contributed by atoms with Gasteiger partial charge < -0.3 is 15.0 Å². The summed E-state index contributed by atoms with van der Waals surface area (Å²) in [5.41, 5.74) is 2.28. The molecule has 7 heteroatoms. The first kappa shape index (κ1) is 21.2. The maximum absolute atomic E-state index is 13.8. The van der Waals surface area contributed by atoms with E-state index in [1.54, 1.807) is 28.0 Å². The van der Waals surface area contributed by atoms with E-state index in [4.69, 9.17) is 4.74 Å². The predicted molar refractivity (Wildman–Crippen MR) is 117 cm³/mol. The minimum absolute atomic E-state index is 0.103. The van der Waals surface area contributed by atoms with Gasteiger partial charge in [0.2, 0.25) is 5.91 Å². The van der Waals surface area contributed by atoms with Crippen molar-refractivity contribution in [2.45, 2.75) is 39.3 Å². The van der Waals surface area contributed by atoms with Crippen LogP contribution in [0.4, 0.5) is 14.9 Å². The van der Waals surface area contributed by atoms with Crippen molar-refractivity contribution < 1.29 is 18.7 Å². The number of carbonyl (C=O) groups is 2. The van der Waals surface area contributed by atoms with Crippen molar-refractivity contribution in [3.63, 3.8) is 0 Å². The zero-order chi connectivity index (χ0) is 22.0. The molecule has 1 saturated heterocycles. The molecule has 2 aliphatic rings. The molecule has 2 heterocycles. The van der Waals surface area contributed by atoms with Gasteiger partial charge in [0.1, 0.15) is 17.7 Å². The van der Waals surface area contributed by atoms with Gasteiger partial charge in [0.05, 0.1) is 18.2 Å². The minimum Gasteiger partial charge on any atom is -0.487 e. The van der Waals surface area contributed by atoms with E-state index < -0.39 is 0 Å². The van der Waals surface area contributed by atoms with Crippen molar-refractivity contribution >= 4 is 17.6 Å². The Morgan fingerprint density at radius 3 is 2.81 bits per heavy atom. The van der Waals surface area contributed by atoms with Crippen molar-refractivity contribution in [3.05, 3.63) is 59.4 Å². The highest BCUT2D eigenvalue weighted by atomic mass is 19.1. The first-order chi connectivity index (χ1) is 14.9. The topological polar surface area (TPSA) is 61.9 Å². The fourth-order valence-corrected chi connectivity index (χ4v) is 4.23. The Balaban J connectivity index is 1.43. The van der Waals surface area contributed by atoms with Crippen LogP contribution in [0.3, 0.4) is 0 Å². The van der Waals surface area contributed by atoms with E-state index in [1.807, 2.05) is 32.0 Å². The molecule has 2 aromatic carbocycles. The van der Waals surface area contributed by atoms with Crippen molar-refractivity contribution in [1.82, 2.24) is 10.2 Å². The predicted octanol–water partition coefficient (Wildman–Crippen LogP) is 3.87. The van der Waals surface area contributed by atoms with E-state index in [2.05, 4.69) is 5.32 Å². The molecule has 0 aromatic heterocycles. The third-order valence-corrected chi connectivity index (χ3v) is 5.88. The van der Waals surface area contributed by atoms with Crippen molar-refractivity contribution in [2.24, 2.45) is 5.92 Å². The summed E-state index contributed by atoms with van der Waals surface area (Å²) in [6, 6.07) is 12.1. The van der Waals surface area contributed by atoms with Crippen LogP contribution < -0.4 is 15.0 Å². The van der Waals surface area contributed by atoms with E-state index in [0.29, 0.717) is 37.4 Å². The highest BCUT2D eigenvalue weighted by Crippen LogP contribution is 2.35. The maximum Gasteiger partial charge on any atom is 0.324 e. The summed E-state index contributed by atoms with van der Waals surface area (Å²) in [4.78, 5) is 29.6. The van der Waals surface area contributed by atoms with Gasteiger partial charge in [-0.25, -0.2) is 9.18 Å². The van der Waals surface area contributed by atoms with E-state index in [-0.39, 0.29) is 36.3 Å². The molecule has 6 nitrogen and oxygen atoms in total. The highest BCUT2D eigenvalue weighted by molar-refractivity contribution is 5.94. The summed E-state index contributed by atoms with van der Waals surface area (Å²) in [6.07, 6.45) is 1.36. The minimum atomic E-state index is -0.335. The monoisotopic (exact) mass is 425 g/mol. The molecule has 0 radical (unpaired) electrons. The fourth-order valence-electron chi connectivity index (χ4n) is 4.23. The molecule has 1 N–H and O–H groups in total. The Morgan fingerprint density at radius 2 is 2.00 bits per heavy atom. The molecule has 164 valence electrons. The Hall–Kier alpha value is -3.09. The average Bonchev–Trinajstić information content (AvgIpc) is 2.77. The van der Waals surface area contributed by atoms with E-state index in [0.717, 1.165) is 17.7 Å². The summed E-state index contributed by atoms with van der Waals surface area (Å²) in [6.45, 7) is 5.51. The second kappa shape index (κ2) is 8.96. The summed E-state index contributed by atoms with van der Waals surface area (Å²) in [5.74, 6) is -0.0835. The SMILES string of the molecule is Cc1ccc2c(c1)N(C(=O)N1CCC[C@H](C(=O)NCc3ccccc3F)C1)C[C@H](C)O2. The number of rotatable bonds is 3. The van der Waals surface area contributed by atoms with Crippen LogP contribution >= 0.6 is 0 Å². The molecule has 2 atom stereocenters. The van der Waals surface area contributed by atoms with Crippen LogP contribution in [0.5, 0.6) is 5.75 Å². The van der Waals surface area contributed by atoms with Gasteiger partial charge in [0, 0.05) is 25.2 Å². The lowest BCUT2D eigenvalue weighted by Crippen LogP contribution is -2.53. The molecule has 0 spiro atoms. The number of aryl methyl sites for hydroxylation is 1. The van der Waals surface area contributed by atoms with Crippen LogP contribution in [0.15, 0.2) is 42.5 Å². The van der Waals surface area contributed by atoms with Gasteiger partial charge in [0.15, 0.2) is 0 Å². The summed E-state index contributed by atoms with van der Waals surface area (Å²) >= 11 is 0. The number of carbonyl (C=O) groups excluding carboxylic acids is 2. The largest absolute Gasteiger partial charge is 0.487 e. The molecule has 0 saturated carbocycles.